The van der Waals surface area contributed by atoms with E-state index in [2.05, 4.69) is 15.3 Å². The Morgan fingerprint density at radius 2 is 1.79 bits per heavy atom. The van der Waals surface area contributed by atoms with E-state index in [0.29, 0.717) is 5.82 Å². The molecule has 0 saturated heterocycles. The van der Waals surface area contributed by atoms with Crippen LogP contribution in [0.15, 0.2) is 36.3 Å². The molecule has 0 aliphatic carbocycles. The molecule has 7 heteroatoms. The molecule has 0 radical (unpaired) electrons. The van der Waals surface area contributed by atoms with Crippen LogP contribution in [0.5, 0.6) is 0 Å². The Morgan fingerprint density at radius 3 is 2.42 bits per heavy atom. The molecule has 7 nitrogen and oxygen atoms in total. The molecular weight excluding hydrogens is 310 g/mol. The zero-order valence-electron chi connectivity index (χ0n) is 13.8. The summed E-state index contributed by atoms with van der Waals surface area (Å²) in [6.45, 7) is 5.60. The lowest BCUT2D eigenvalue weighted by molar-refractivity contribution is -0.146. The Kier molecular flexibility index (Phi) is 5.83. The van der Waals surface area contributed by atoms with E-state index in [1.807, 2.05) is 25.1 Å². The summed E-state index contributed by atoms with van der Waals surface area (Å²) in [5.41, 5.74) is 1.61. The first-order valence-electron chi connectivity index (χ1n) is 7.59. The maximum Gasteiger partial charge on any atom is 0.347 e. The van der Waals surface area contributed by atoms with Crippen molar-refractivity contribution in [3.05, 3.63) is 41.9 Å². The summed E-state index contributed by atoms with van der Waals surface area (Å²) in [6, 6.07) is 5.72. The van der Waals surface area contributed by atoms with Crippen LogP contribution in [0.2, 0.25) is 0 Å². The number of nitrogens with zero attached hydrogens (tertiary/aromatic N) is 2. The van der Waals surface area contributed by atoms with Crippen LogP contribution in [0.1, 0.15) is 19.4 Å². The molecule has 0 aliphatic heterocycles. The van der Waals surface area contributed by atoms with Gasteiger partial charge >= 0.3 is 11.9 Å². The number of aromatic nitrogens is 2. The molecule has 1 N–H and O–H groups in total. The number of ether oxygens (including phenoxy) is 2. The second kappa shape index (κ2) is 8.05. The third-order valence-electron chi connectivity index (χ3n) is 3.14. The highest BCUT2D eigenvalue weighted by atomic mass is 16.6. The molecule has 2 rings (SSSR count). The van der Waals surface area contributed by atoms with E-state index in [4.69, 9.17) is 9.47 Å². The lowest BCUT2D eigenvalue weighted by Crippen LogP contribution is -2.19. The molecule has 2 aromatic rings. The van der Waals surface area contributed by atoms with Crippen LogP contribution in [-0.2, 0) is 19.1 Å². The number of fused-ring (bicyclic) bond motifs is 1. The standard InChI is InChI=1S/C17H19N3O4/c1-4-23-16(21)13(17(22)24-5-2)9-18-15-12-7-6-11(3)8-14(12)19-10-20-15/h6-10H,4-5H2,1-3H3,(H,18,19,20). The average Bonchev–Trinajstić information content (AvgIpc) is 2.55. The van der Waals surface area contributed by atoms with Crippen LogP contribution in [0.3, 0.4) is 0 Å². The van der Waals surface area contributed by atoms with Crippen molar-refractivity contribution in [2.45, 2.75) is 20.8 Å². The molecule has 0 unspecified atom stereocenters. The normalized spacial score (nSPS) is 10.1. The fourth-order valence-corrected chi connectivity index (χ4v) is 2.04. The van der Waals surface area contributed by atoms with E-state index in [-0.39, 0.29) is 18.8 Å². The molecule has 1 heterocycles. The molecule has 0 amide bonds. The SMILES string of the molecule is CCOC(=O)C(=CNc1ncnc2cc(C)ccc12)C(=O)OCC. The molecule has 126 valence electrons. The van der Waals surface area contributed by atoms with E-state index >= 15 is 0 Å². The minimum Gasteiger partial charge on any atom is -0.462 e. The smallest absolute Gasteiger partial charge is 0.347 e. The van der Waals surface area contributed by atoms with Gasteiger partial charge in [-0.3, -0.25) is 0 Å². The van der Waals surface area contributed by atoms with Gasteiger partial charge in [-0.1, -0.05) is 6.07 Å². The zero-order valence-corrected chi connectivity index (χ0v) is 13.8. The van der Waals surface area contributed by atoms with Crippen molar-refractivity contribution in [3.8, 4) is 0 Å². The van der Waals surface area contributed by atoms with E-state index in [1.165, 1.54) is 12.5 Å². The fourth-order valence-electron chi connectivity index (χ4n) is 2.04. The Hall–Kier alpha value is -2.96. The van der Waals surface area contributed by atoms with Gasteiger partial charge in [0.2, 0.25) is 0 Å². The average molecular weight is 329 g/mol. The number of hydrogen-bond donors (Lipinski definition) is 1. The summed E-state index contributed by atoms with van der Waals surface area (Å²) in [7, 11) is 0. The van der Waals surface area contributed by atoms with Crippen LogP contribution in [-0.4, -0.2) is 35.1 Å². The highest BCUT2D eigenvalue weighted by Gasteiger charge is 2.21. The maximum atomic E-state index is 11.9. The van der Waals surface area contributed by atoms with Gasteiger partial charge in [-0.05, 0) is 38.5 Å². The summed E-state index contributed by atoms with van der Waals surface area (Å²) in [4.78, 5) is 32.2. The van der Waals surface area contributed by atoms with Gasteiger partial charge in [0.1, 0.15) is 12.1 Å². The summed E-state index contributed by atoms with van der Waals surface area (Å²) in [5, 5.41) is 3.64. The van der Waals surface area contributed by atoms with Gasteiger partial charge in [0.15, 0.2) is 5.57 Å². The molecule has 1 aromatic carbocycles. The first kappa shape index (κ1) is 17.4. The number of carbonyl (C=O) groups is 2. The van der Waals surface area contributed by atoms with Crippen molar-refractivity contribution in [2.24, 2.45) is 0 Å². The summed E-state index contributed by atoms with van der Waals surface area (Å²) in [5.74, 6) is -1.03. The van der Waals surface area contributed by atoms with E-state index in [0.717, 1.165) is 16.5 Å². The monoisotopic (exact) mass is 329 g/mol. The number of esters is 2. The lowest BCUT2D eigenvalue weighted by Gasteiger charge is -2.08. The van der Waals surface area contributed by atoms with Gasteiger partial charge < -0.3 is 14.8 Å². The molecule has 0 atom stereocenters. The Labute approximate surface area is 139 Å². The van der Waals surface area contributed by atoms with Crippen LogP contribution < -0.4 is 5.32 Å². The molecule has 0 aliphatic rings. The van der Waals surface area contributed by atoms with Crippen molar-refractivity contribution >= 4 is 28.7 Å². The maximum absolute atomic E-state index is 11.9. The summed E-state index contributed by atoms with van der Waals surface area (Å²) < 4.78 is 9.76. The van der Waals surface area contributed by atoms with E-state index in [1.54, 1.807) is 13.8 Å². The molecular formula is C17H19N3O4. The minimum atomic E-state index is -0.752. The summed E-state index contributed by atoms with van der Waals surface area (Å²) >= 11 is 0. The molecule has 24 heavy (non-hydrogen) atoms. The highest BCUT2D eigenvalue weighted by molar-refractivity contribution is 6.14. The van der Waals surface area contributed by atoms with Gasteiger partial charge in [0.05, 0.1) is 18.7 Å². The quantitative estimate of drug-likeness (QED) is 0.376. The Balaban J connectivity index is 2.34. The van der Waals surface area contributed by atoms with Gasteiger partial charge in [-0.15, -0.1) is 0 Å². The van der Waals surface area contributed by atoms with Crippen LogP contribution >= 0.6 is 0 Å². The Morgan fingerprint density at radius 1 is 1.12 bits per heavy atom. The number of nitrogens with one attached hydrogen (secondary N) is 1. The second-order valence-electron chi connectivity index (χ2n) is 4.89. The number of anilines is 1. The van der Waals surface area contributed by atoms with Gasteiger partial charge in [0.25, 0.3) is 0 Å². The van der Waals surface area contributed by atoms with Crippen molar-refractivity contribution in [2.75, 3.05) is 18.5 Å². The van der Waals surface area contributed by atoms with E-state index in [9.17, 15) is 9.59 Å². The Bertz CT molecular complexity index is 766. The van der Waals surface area contributed by atoms with Crippen LogP contribution in [0.25, 0.3) is 10.9 Å². The number of hydrogen-bond acceptors (Lipinski definition) is 7. The highest BCUT2D eigenvalue weighted by Crippen LogP contribution is 2.20. The molecule has 0 spiro atoms. The van der Waals surface area contributed by atoms with Gasteiger partial charge in [0, 0.05) is 11.6 Å². The topological polar surface area (TPSA) is 90.4 Å². The van der Waals surface area contributed by atoms with Crippen molar-refractivity contribution in [3.63, 3.8) is 0 Å². The van der Waals surface area contributed by atoms with Gasteiger partial charge in [-0.2, -0.15) is 0 Å². The number of benzene rings is 1. The largest absolute Gasteiger partial charge is 0.462 e. The minimum absolute atomic E-state index is 0.158. The number of aryl methyl sites for hydroxylation is 1. The predicted molar refractivity (Wildman–Crippen MR) is 89.2 cm³/mol. The third-order valence-corrected chi connectivity index (χ3v) is 3.14. The second-order valence-corrected chi connectivity index (χ2v) is 4.89. The van der Waals surface area contributed by atoms with Crippen molar-refractivity contribution in [1.82, 2.24) is 9.97 Å². The predicted octanol–water partition coefficient (Wildman–Crippen LogP) is 2.36. The first-order chi connectivity index (χ1) is 11.6. The fraction of sp³-hybridized carbons (Fsp3) is 0.294. The van der Waals surface area contributed by atoms with E-state index < -0.39 is 11.9 Å². The number of carbonyl (C=O) groups excluding carboxylic acids is 2. The molecule has 0 saturated carbocycles. The molecule has 0 fully saturated rings. The van der Waals surface area contributed by atoms with Crippen molar-refractivity contribution < 1.29 is 19.1 Å². The van der Waals surface area contributed by atoms with Gasteiger partial charge in [-0.25, -0.2) is 19.6 Å². The molecule has 1 aromatic heterocycles. The summed E-state index contributed by atoms with van der Waals surface area (Å²) in [6.07, 6.45) is 2.66. The lowest BCUT2D eigenvalue weighted by atomic mass is 10.1. The van der Waals surface area contributed by atoms with Crippen LogP contribution in [0.4, 0.5) is 5.82 Å². The van der Waals surface area contributed by atoms with Crippen LogP contribution in [0, 0.1) is 6.92 Å². The first-order valence-corrected chi connectivity index (χ1v) is 7.59. The molecule has 0 bridgehead atoms. The van der Waals surface area contributed by atoms with Crippen molar-refractivity contribution in [1.29, 1.82) is 0 Å². The number of rotatable bonds is 6. The third kappa shape index (κ3) is 4.07. The zero-order chi connectivity index (χ0) is 17.5.